The SMILES string of the molecule is CC(C)Cc1coc([C@@H](C)Cl)n1. The summed E-state index contributed by atoms with van der Waals surface area (Å²) in [5, 5.41) is -0.133. The first-order valence-electron chi connectivity index (χ1n) is 4.18. The Morgan fingerprint density at radius 2 is 2.17 bits per heavy atom. The molecule has 1 heterocycles. The number of nitrogens with zero attached hydrogens (tertiary/aromatic N) is 1. The first kappa shape index (κ1) is 9.59. The van der Waals surface area contributed by atoms with Crippen LogP contribution in [-0.2, 0) is 6.42 Å². The van der Waals surface area contributed by atoms with E-state index in [0.29, 0.717) is 11.8 Å². The van der Waals surface area contributed by atoms with Crippen molar-refractivity contribution in [1.29, 1.82) is 0 Å². The van der Waals surface area contributed by atoms with Gasteiger partial charge in [0, 0.05) is 0 Å². The molecule has 0 unspecified atom stereocenters. The van der Waals surface area contributed by atoms with Crippen LogP contribution in [0.15, 0.2) is 10.7 Å². The highest BCUT2D eigenvalue weighted by Gasteiger charge is 2.09. The molecule has 68 valence electrons. The molecule has 0 saturated heterocycles. The lowest BCUT2D eigenvalue weighted by Gasteiger charge is -1.98. The van der Waals surface area contributed by atoms with Crippen LogP contribution in [0.25, 0.3) is 0 Å². The van der Waals surface area contributed by atoms with Crippen molar-refractivity contribution in [3.63, 3.8) is 0 Å². The van der Waals surface area contributed by atoms with Crippen LogP contribution in [0.2, 0.25) is 0 Å². The molecule has 0 N–H and O–H groups in total. The van der Waals surface area contributed by atoms with Crippen LogP contribution in [0.3, 0.4) is 0 Å². The lowest BCUT2D eigenvalue weighted by atomic mass is 10.1. The molecule has 0 aromatic carbocycles. The molecule has 0 radical (unpaired) electrons. The molecule has 1 aromatic rings. The normalized spacial score (nSPS) is 13.8. The van der Waals surface area contributed by atoms with Gasteiger partial charge in [-0.25, -0.2) is 4.98 Å². The summed E-state index contributed by atoms with van der Waals surface area (Å²) >= 11 is 5.80. The fourth-order valence-electron chi connectivity index (χ4n) is 1.02. The zero-order valence-electron chi connectivity index (χ0n) is 7.67. The van der Waals surface area contributed by atoms with Gasteiger partial charge in [-0.1, -0.05) is 13.8 Å². The van der Waals surface area contributed by atoms with Crippen LogP contribution in [-0.4, -0.2) is 4.98 Å². The quantitative estimate of drug-likeness (QED) is 0.680. The Morgan fingerprint density at radius 1 is 1.50 bits per heavy atom. The fraction of sp³-hybridized carbons (Fsp3) is 0.667. The molecule has 0 saturated carbocycles. The number of halogens is 1. The van der Waals surface area contributed by atoms with E-state index in [-0.39, 0.29) is 5.38 Å². The number of aromatic nitrogens is 1. The summed E-state index contributed by atoms with van der Waals surface area (Å²) in [5.74, 6) is 1.22. The van der Waals surface area contributed by atoms with Gasteiger partial charge in [0.15, 0.2) is 0 Å². The van der Waals surface area contributed by atoms with Crippen LogP contribution in [0, 0.1) is 5.92 Å². The van der Waals surface area contributed by atoms with Crippen molar-refractivity contribution in [3.8, 4) is 0 Å². The maximum atomic E-state index is 5.80. The molecule has 1 atom stereocenters. The Hall–Kier alpha value is -0.500. The van der Waals surface area contributed by atoms with Crippen LogP contribution < -0.4 is 0 Å². The van der Waals surface area contributed by atoms with E-state index in [2.05, 4.69) is 18.8 Å². The molecule has 1 rings (SSSR count). The maximum Gasteiger partial charge on any atom is 0.211 e. The lowest BCUT2D eigenvalue weighted by molar-refractivity contribution is 0.495. The second-order valence-electron chi connectivity index (χ2n) is 3.39. The lowest BCUT2D eigenvalue weighted by Crippen LogP contribution is -1.94. The van der Waals surface area contributed by atoms with Gasteiger partial charge in [-0.15, -0.1) is 11.6 Å². The van der Waals surface area contributed by atoms with Gasteiger partial charge in [0.25, 0.3) is 0 Å². The van der Waals surface area contributed by atoms with Crippen molar-refractivity contribution in [2.75, 3.05) is 0 Å². The maximum absolute atomic E-state index is 5.80. The van der Waals surface area contributed by atoms with Gasteiger partial charge in [0.2, 0.25) is 5.89 Å². The molecular weight excluding hydrogens is 174 g/mol. The van der Waals surface area contributed by atoms with E-state index in [0.717, 1.165) is 12.1 Å². The smallest absolute Gasteiger partial charge is 0.211 e. The molecule has 2 nitrogen and oxygen atoms in total. The summed E-state index contributed by atoms with van der Waals surface area (Å²) in [6.07, 6.45) is 2.64. The molecule has 0 fully saturated rings. The van der Waals surface area contributed by atoms with E-state index < -0.39 is 0 Å². The molecule has 12 heavy (non-hydrogen) atoms. The van der Waals surface area contributed by atoms with Gasteiger partial charge < -0.3 is 4.42 Å². The third-order valence-corrected chi connectivity index (χ3v) is 1.71. The average Bonchev–Trinajstić information content (AvgIpc) is 2.34. The summed E-state index contributed by atoms with van der Waals surface area (Å²) in [6, 6.07) is 0. The molecule has 0 amide bonds. The van der Waals surface area contributed by atoms with Gasteiger partial charge >= 0.3 is 0 Å². The molecule has 0 spiro atoms. The van der Waals surface area contributed by atoms with E-state index in [1.165, 1.54) is 0 Å². The fourth-order valence-corrected chi connectivity index (χ4v) is 1.12. The first-order chi connectivity index (χ1) is 5.59. The second-order valence-corrected chi connectivity index (χ2v) is 4.05. The Morgan fingerprint density at radius 3 is 2.58 bits per heavy atom. The minimum Gasteiger partial charge on any atom is -0.447 e. The summed E-state index contributed by atoms with van der Waals surface area (Å²) in [7, 11) is 0. The van der Waals surface area contributed by atoms with Crippen molar-refractivity contribution in [2.45, 2.75) is 32.6 Å². The Balaban J connectivity index is 2.64. The zero-order valence-corrected chi connectivity index (χ0v) is 8.43. The minimum atomic E-state index is -0.133. The largest absolute Gasteiger partial charge is 0.447 e. The predicted octanol–water partition coefficient (Wildman–Crippen LogP) is 3.17. The monoisotopic (exact) mass is 187 g/mol. The van der Waals surface area contributed by atoms with Gasteiger partial charge in [-0.2, -0.15) is 0 Å². The topological polar surface area (TPSA) is 26.0 Å². The third-order valence-electron chi connectivity index (χ3n) is 1.53. The molecule has 3 heteroatoms. The molecule has 1 aromatic heterocycles. The minimum absolute atomic E-state index is 0.133. The summed E-state index contributed by atoms with van der Waals surface area (Å²) in [6.45, 7) is 6.16. The molecular formula is C9H14ClNO. The second kappa shape index (κ2) is 3.94. The molecule has 0 aliphatic rings. The summed E-state index contributed by atoms with van der Waals surface area (Å²) < 4.78 is 5.18. The van der Waals surface area contributed by atoms with Crippen molar-refractivity contribution < 1.29 is 4.42 Å². The number of hydrogen-bond donors (Lipinski definition) is 0. The van der Waals surface area contributed by atoms with Crippen molar-refractivity contribution >= 4 is 11.6 Å². The molecule has 0 aliphatic carbocycles. The van der Waals surface area contributed by atoms with Crippen LogP contribution >= 0.6 is 11.6 Å². The Labute approximate surface area is 77.9 Å². The van der Waals surface area contributed by atoms with Crippen LogP contribution in [0.5, 0.6) is 0 Å². The summed E-state index contributed by atoms with van der Waals surface area (Å²) in [4.78, 5) is 4.25. The molecule has 0 aliphatic heterocycles. The van der Waals surface area contributed by atoms with Crippen molar-refractivity contribution in [1.82, 2.24) is 4.98 Å². The Kier molecular flexibility index (Phi) is 3.15. The van der Waals surface area contributed by atoms with Crippen molar-refractivity contribution in [3.05, 3.63) is 17.8 Å². The number of oxazole rings is 1. The van der Waals surface area contributed by atoms with Gasteiger partial charge in [0.1, 0.15) is 11.6 Å². The van der Waals surface area contributed by atoms with Gasteiger partial charge in [-0.3, -0.25) is 0 Å². The van der Waals surface area contributed by atoms with E-state index in [1.807, 2.05) is 6.92 Å². The highest BCUT2D eigenvalue weighted by molar-refractivity contribution is 6.20. The van der Waals surface area contributed by atoms with Gasteiger partial charge in [-0.05, 0) is 19.3 Å². The number of alkyl halides is 1. The predicted molar refractivity (Wildman–Crippen MR) is 49.3 cm³/mol. The van der Waals surface area contributed by atoms with Crippen LogP contribution in [0.4, 0.5) is 0 Å². The van der Waals surface area contributed by atoms with Crippen molar-refractivity contribution in [2.24, 2.45) is 5.92 Å². The van der Waals surface area contributed by atoms with E-state index in [4.69, 9.17) is 16.0 Å². The average molecular weight is 188 g/mol. The third kappa shape index (κ3) is 2.52. The number of rotatable bonds is 3. The van der Waals surface area contributed by atoms with Crippen LogP contribution in [0.1, 0.15) is 37.7 Å². The first-order valence-corrected chi connectivity index (χ1v) is 4.61. The number of hydrogen-bond acceptors (Lipinski definition) is 2. The standard InChI is InChI=1S/C9H14ClNO/c1-6(2)4-8-5-12-9(11-8)7(3)10/h5-7H,4H2,1-3H3/t7-/m1/s1. The highest BCUT2D eigenvalue weighted by atomic mass is 35.5. The molecule has 0 bridgehead atoms. The summed E-state index contributed by atoms with van der Waals surface area (Å²) in [5.41, 5.74) is 0.993. The van der Waals surface area contributed by atoms with E-state index in [1.54, 1.807) is 6.26 Å². The zero-order chi connectivity index (χ0) is 9.14. The van der Waals surface area contributed by atoms with E-state index >= 15 is 0 Å². The van der Waals surface area contributed by atoms with Gasteiger partial charge in [0.05, 0.1) is 5.69 Å². The highest BCUT2D eigenvalue weighted by Crippen LogP contribution is 2.19. The Bertz CT molecular complexity index is 242. The van der Waals surface area contributed by atoms with E-state index in [9.17, 15) is 0 Å².